The van der Waals surface area contributed by atoms with E-state index >= 15 is 0 Å². The van der Waals surface area contributed by atoms with Crippen molar-refractivity contribution in [2.24, 2.45) is 0 Å². The molecule has 1 N–H and O–H groups in total. The minimum Gasteiger partial charge on any atom is -0.371 e. The molecule has 22 heavy (non-hydrogen) atoms. The second-order valence-electron chi connectivity index (χ2n) is 6.09. The van der Waals surface area contributed by atoms with Crippen LogP contribution in [0, 0.1) is 6.92 Å². The highest BCUT2D eigenvalue weighted by atomic mass is 32.1. The van der Waals surface area contributed by atoms with Gasteiger partial charge in [-0.2, -0.15) is 5.10 Å². The smallest absolute Gasteiger partial charge is 0.185 e. The van der Waals surface area contributed by atoms with Crippen LogP contribution in [0.4, 0.5) is 10.9 Å². The van der Waals surface area contributed by atoms with E-state index in [0.29, 0.717) is 6.04 Å². The molecule has 2 aliphatic heterocycles. The standard InChI is InChI=1S/C15H19N5OS/c1-11-2-3-13(19-18-11)17-12-8-15(21-9-12)4-6-20(10-15)14-16-5-7-22-14/h2-3,5,7,12H,4,6,8-10H2,1H3,(H,17,19)/t12-,15+/m0/s1. The minimum atomic E-state index is -0.0402. The molecule has 0 bridgehead atoms. The van der Waals surface area contributed by atoms with E-state index in [9.17, 15) is 0 Å². The summed E-state index contributed by atoms with van der Waals surface area (Å²) in [4.78, 5) is 6.73. The summed E-state index contributed by atoms with van der Waals surface area (Å²) >= 11 is 1.69. The maximum absolute atomic E-state index is 6.16. The van der Waals surface area contributed by atoms with Gasteiger partial charge in [-0.15, -0.1) is 16.4 Å². The molecular formula is C15H19N5OS. The fourth-order valence-electron chi connectivity index (χ4n) is 3.29. The lowest BCUT2D eigenvalue weighted by Gasteiger charge is -2.23. The van der Waals surface area contributed by atoms with Crippen molar-refractivity contribution in [2.75, 3.05) is 29.9 Å². The van der Waals surface area contributed by atoms with Gasteiger partial charge in [-0.05, 0) is 25.5 Å². The zero-order valence-electron chi connectivity index (χ0n) is 12.5. The Morgan fingerprint density at radius 1 is 1.41 bits per heavy atom. The molecule has 0 amide bonds. The van der Waals surface area contributed by atoms with Gasteiger partial charge >= 0.3 is 0 Å². The lowest BCUT2D eigenvalue weighted by atomic mass is 9.97. The van der Waals surface area contributed by atoms with E-state index in [0.717, 1.165) is 49.2 Å². The molecule has 2 atom stereocenters. The molecule has 6 nitrogen and oxygen atoms in total. The van der Waals surface area contributed by atoms with Crippen LogP contribution in [0.1, 0.15) is 18.5 Å². The van der Waals surface area contributed by atoms with Crippen LogP contribution in [-0.4, -0.2) is 46.5 Å². The molecule has 7 heteroatoms. The highest BCUT2D eigenvalue weighted by Gasteiger charge is 2.46. The van der Waals surface area contributed by atoms with E-state index in [-0.39, 0.29) is 5.60 Å². The van der Waals surface area contributed by atoms with E-state index in [1.165, 1.54) is 0 Å². The van der Waals surface area contributed by atoms with Crippen molar-refractivity contribution in [1.29, 1.82) is 0 Å². The SMILES string of the molecule is Cc1ccc(N[C@@H]2CO[C@]3(CCN(c4nccs4)C3)C2)nn1. The quantitative estimate of drug-likeness (QED) is 0.935. The first kappa shape index (κ1) is 13.9. The highest BCUT2D eigenvalue weighted by Crippen LogP contribution is 2.38. The minimum absolute atomic E-state index is 0.0402. The number of ether oxygens (including phenoxy) is 1. The van der Waals surface area contributed by atoms with E-state index in [1.807, 2.05) is 30.6 Å². The predicted octanol–water partition coefficient (Wildman–Crippen LogP) is 2.09. The Labute approximate surface area is 133 Å². The molecule has 116 valence electrons. The van der Waals surface area contributed by atoms with Gasteiger partial charge in [-0.1, -0.05) is 0 Å². The summed E-state index contributed by atoms with van der Waals surface area (Å²) in [6.45, 7) is 4.61. The lowest BCUT2D eigenvalue weighted by Crippen LogP contribution is -2.33. The van der Waals surface area contributed by atoms with Gasteiger partial charge < -0.3 is 15.0 Å². The number of thiazole rings is 1. The molecule has 2 aliphatic rings. The predicted molar refractivity (Wildman–Crippen MR) is 86.4 cm³/mol. The number of anilines is 2. The molecule has 2 aromatic rings. The van der Waals surface area contributed by atoms with Gasteiger partial charge in [-0.25, -0.2) is 4.98 Å². The van der Waals surface area contributed by atoms with Crippen LogP contribution in [0.25, 0.3) is 0 Å². The van der Waals surface area contributed by atoms with E-state index in [4.69, 9.17) is 4.74 Å². The van der Waals surface area contributed by atoms with Crippen LogP contribution in [0.2, 0.25) is 0 Å². The molecule has 2 aromatic heterocycles. The number of aromatic nitrogens is 3. The molecule has 0 saturated carbocycles. The number of rotatable bonds is 3. The van der Waals surface area contributed by atoms with Crippen molar-refractivity contribution in [3.8, 4) is 0 Å². The average molecular weight is 317 g/mol. The average Bonchev–Trinajstić information content (AvgIpc) is 3.24. The Hall–Kier alpha value is -1.73. The van der Waals surface area contributed by atoms with Crippen molar-refractivity contribution in [1.82, 2.24) is 15.2 Å². The largest absolute Gasteiger partial charge is 0.371 e. The van der Waals surface area contributed by atoms with E-state index < -0.39 is 0 Å². The third-order valence-corrected chi connectivity index (χ3v) is 5.20. The topological polar surface area (TPSA) is 63.2 Å². The van der Waals surface area contributed by atoms with Gasteiger partial charge in [0.05, 0.1) is 23.9 Å². The normalized spacial score (nSPS) is 27.7. The van der Waals surface area contributed by atoms with Gasteiger partial charge in [-0.3, -0.25) is 0 Å². The molecule has 0 radical (unpaired) electrons. The second-order valence-corrected chi connectivity index (χ2v) is 6.96. The number of aryl methyl sites for hydroxylation is 1. The molecular weight excluding hydrogens is 298 g/mol. The maximum Gasteiger partial charge on any atom is 0.185 e. The van der Waals surface area contributed by atoms with Crippen molar-refractivity contribution < 1.29 is 4.74 Å². The van der Waals surface area contributed by atoms with Crippen LogP contribution < -0.4 is 10.2 Å². The maximum atomic E-state index is 6.16. The summed E-state index contributed by atoms with van der Waals surface area (Å²) in [6, 6.07) is 4.25. The summed E-state index contributed by atoms with van der Waals surface area (Å²) in [6.07, 6.45) is 3.93. The Balaban J connectivity index is 1.39. The molecule has 4 heterocycles. The monoisotopic (exact) mass is 317 g/mol. The Kier molecular flexibility index (Phi) is 3.46. The van der Waals surface area contributed by atoms with Crippen molar-refractivity contribution >= 4 is 22.3 Å². The Morgan fingerprint density at radius 2 is 2.36 bits per heavy atom. The Bertz CT molecular complexity index is 632. The summed E-state index contributed by atoms with van der Waals surface area (Å²) < 4.78 is 6.16. The lowest BCUT2D eigenvalue weighted by molar-refractivity contribution is 0.0229. The molecule has 0 aromatic carbocycles. The van der Waals surface area contributed by atoms with Gasteiger partial charge in [0.1, 0.15) is 5.82 Å². The van der Waals surface area contributed by atoms with E-state index in [2.05, 4.69) is 25.4 Å². The van der Waals surface area contributed by atoms with Crippen LogP contribution in [0.15, 0.2) is 23.7 Å². The van der Waals surface area contributed by atoms with Crippen molar-refractivity contribution in [3.63, 3.8) is 0 Å². The third kappa shape index (κ3) is 2.66. The van der Waals surface area contributed by atoms with Gasteiger partial charge in [0.25, 0.3) is 0 Å². The first-order valence-corrected chi connectivity index (χ1v) is 8.46. The third-order valence-electron chi connectivity index (χ3n) is 4.37. The molecule has 4 rings (SSSR count). The highest BCUT2D eigenvalue weighted by molar-refractivity contribution is 7.13. The molecule has 1 spiro atoms. The number of nitrogens with one attached hydrogen (secondary N) is 1. The summed E-state index contributed by atoms with van der Waals surface area (Å²) in [5.41, 5.74) is 0.890. The molecule has 0 unspecified atom stereocenters. The Morgan fingerprint density at radius 3 is 3.14 bits per heavy atom. The fraction of sp³-hybridized carbons (Fsp3) is 0.533. The van der Waals surface area contributed by atoms with Crippen LogP contribution in [0.3, 0.4) is 0 Å². The first-order valence-electron chi connectivity index (χ1n) is 7.58. The zero-order chi connectivity index (χ0) is 15.0. The number of hydrogen-bond acceptors (Lipinski definition) is 7. The van der Waals surface area contributed by atoms with Crippen molar-refractivity contribution in [3.05, 3.63) is 29.4 Å². The van der Waals surface area contributed by atoms with Gasteiger partial charge in [0.15, 0.2) is 5.13 Å². The van der Waals surface area contributed by atoms with Crippen LogP contribution in [0.5, 0.6) is 0 Å². The van der Waals surface area contributed by atoms with E-state index in [1.54, 1.807) is 11.3 Å². The first-order chi connectivity index (χ1) is 10.7. The summed E-state index contributed by atoms with van der Waals surface area (Å²) in [7, 11) is 0. The van der Waals surface area contributed by atoms with Gasteiger partial charge in [0.2, 0.25) is 0 Å². The zero-order valence-corrected chi connectivity index (χ0v) is 13.3. The van der Waals surface area contributed by atoms with Crippen LogP contribution in [-0.2, 0) is 4.74 Å². The van der Waals surface area contributed by atoms with Gasteiger partial charge in [0, 0.05) is 31.1 Å². The molecule has 0 aliphatic carbocycles. The van der Waals surface area contributed by atoms with Crippen molar-refractivity contribution in [2.45, 2.75) is 31.4 Å². The fourth-order valence-corrected chi connectivity index (χ4v) is 3.96. The number of nitrogens with zero attached hydrogens (tertiary/aromatic N) is 4. The summed E-state index contributed by atoms with van der Waals surface area (Å²) in [5, 5.41) is 14.8. The molecule has 2 fully saturated rings. The molecule has 2 saturated heterocycles. The number of hydrogen-bond donors (Lipinski definition) is 1. The van der Waals surface area contributed by atoms with Crippen LogP contribution >= 0.6 is 11.3 Å². The second kappa shape index (κ2) is 5.48. The summed E-state index contributed by atoms with van der Waals surface area (Å²) in [5.74, 6) is 0.825.